The Kier molecular flexibility index (Phi) is 3.90. The average Bonchev–Trinajstić information content (AvgIpc) is 2.25. The Labute approximate surface area is 114 Å². The number of nitrogens with one attached hydrogen (secondary N) is 1. The van der Waals surface area contributed by atoms with E-state index in [4.69, 9.17) is 5.73 Å². The molecular weight excluding hydrogens is 238 g/mol. The monoisotopic (exact) mass is 261 g/mol. The van der Waals surface area contributed by atoms with Crippen LogP contribution in [0.15, 0.2) is 12.3 Å². The maximum Gasteiger partial charge on any atom is 0.222 e. The van der Waals surface area contributed by atoms with Crippen molar-refractivity contribution in [2.24, 2.45) is 5.73 Å². The molecule has 1 heterocycles. The lowest BCUT2D eigenvalue weighted by Crippen LogP contribution is -2.44. The highest BCUT2D eigenvalue weighted by Crippen LogP contribution is 2.20. The van der Waals surface area contributed by atoms with E-state index in [1.165, 1.54) is 16.8 Å². The first-order valence-electron chi connectivity index (χ1n) is 6.86. The summed E-state index contributed by atoms with van der Waals surface area (Å²) in [4.78, 5) is 16.4. The van der Waals surface area contributed by atoms with Crippen LogP contribution in [0.4, 0.5) is 0 Å². The molecule has 1 unspecified atom stereocenters. The molecule has 3 N–H and O–H groups in total. The van der Waals surface area contributed by atoms with Crippen molar-refractivity contribution in [3.63, 3.8) is 0 Å². The van der Waals surface area contributed by atoms with Crippen LogP contribution in [0.2, 0.25) is 0 Å². The van der Waals surface area contributed by atoms with Gasteiger partial charge in [0.2, 0.25) is 5.91 Å². The fourth-order valence-electron chi connectivity index (χ4n) is 2.55. The lowest BCUT2D eigenvalue weighted by Gasteiger charge is -2.26. The molecule has 0 bridgehead atoms. The van der Waals surface area contributed by atoms with Crippen LogP contribution in [0.5, 0.6) is 0 Å². The van der Waals surface area contributed by atoms with Crippen molar-refractivity contribution >= 4 is 5.91 Å². The molecule has 104 valence electrons. The van der Waals surface area contributed by atoms with Gasteiger partial charge in [0.05, 0.1) is 0 Å². The molecule has 4 nitrogen and oxygen atoms in total. The Morgan fingerprint density at radius 3 is 3.00 bits per heavy atom. The van der Waals surface area contributed by atoms with Crippen LogP contribution in [0.1, 0.15) is 43.5 Å². The van der Waals surface area contributed by atoms with Crippen molar-refractivity contribution in [1.29, 1.82) is 0 Å². The Morgan fingerprint density at radius 1 is 1.58 bits per heavy atom. The van der Waals surface area contributed by atoms with Gasteiger partial charge in [-0.3, -0.25) is 9.78 Å². The minimum absolute atomic E-state index is 0.0431. The normalized spacial score (nSPS) is 18.8. The number of hydrogen-bond acceptors (Lipinski definition) is 3. The maximum atomic E-state index is 11.9. The lowest BCUT2D eigenvalue weighted by atomic mass is 9.90. The maximum absolute atomic E-state index is 11.9. The highest BCUT2D eigenvalue weighted by Gasteiger charge is 2.23. The molecule has 1 aromatic rings. The molecule has 0 saturated carbocycles. The van der Waals surface area contributed by atoms with E-state index in [1.54, 1.807) is 0 Å². The zero-order valence-electron chi connectivity index (χ0n) is 12.0. The zero-order chi connectivity index (χ0) is 14.0. The van der Waals surface area contributed by atoms with E-state index >= 15 is 0 Å². The number of amides is 1. The molecule has 1 amide bonds. The van der Waals surface area contributed by atoms with Crippen molar-refractivity contribution in [3.05, 3.63) is 29.1 Å². The predicted octanol–water partition coefficient (Wildman–Crippen LogP) is 1.49. The van der Waals surface area contributed by atoms with E-state index in [0.29, 0.717) is 6.42 Å². The van der Waals surface area contributed by atoms with Gasteiger partial charge in [-0.15, -0.1) is 0 Å². The lowest BCUT2D eigenvalue weighted by molar-refractivity contribution is -0.122. The summed E-state index contributed by atoms with van der Waals surface area (Å²) >= 11 is 0. The molecule has 2 rings (SSSR count). The first kappa shape index (κ1) is 14.0. The van der Waals surface area contributed by atoms with Crippen molar-refractivity contribution < 1.29 is 4.79 Å². The third-order valence-corrected chi connectivity index (χ3v) is 3.37. The first-order chi connectivity index (χ1) is 8.83. The molecule has 4 heteroatoms. The van der Waals surface area contributed by atoms with Gasteiger partial charge in [0.25, 0.3) is 0 Å². The smallest absolute Gasteiger partial charge is 0.222 e. The molecular formula is C15H23N3O. The van der Waals surface area contributed by atoms with E-state index in [9.17, 15) is 4.79 Å². The number of pyridine rings is 1. The molecule has 1 aromatic heterocycles. The summed E-state index contributed by atoms with van der Waals surface area (Å²) < 4.78 is 0. The molecule has 0 saturated heterocycles. The second kappa shape index (κ2) is 5.29. The van der Waals surface area contributed by atoms with Gasteiger partial charge in [-0.1, -0.05) is 6.07 Å². The van der Waals surface area contributed by atoms with E-state index in [2.05, 4.69) is 16.4 Å². The van der Waals surface area contributed by atoms with Crippen LogP contribution in [-0.2, 0) is 17.6 Å². The molecule has 0 fully saturated rings. The highest BCUT2D eigenvalue weighted by molar-refractivity contribution is 5.77. The summed E-state index contributed by atoms with van der Waals surface area (Å²) in [5, 5.41) is 3.09. The van der Waals surface area contributed by atoms with Gasteiger partial charge >= 0.3 is 0 Å². The van der Waals surface area contributed by atoms with E-state index < -0.39 is 5.54 Å². The molecule has 0 radical (unpaired) electrons. The Bertz CT molecular complexity index is 477. The van der Waals surface area contributed by atoms with Crippen LogP contribution >= 0.6 is 0 Å². The number of carbonyl (C=O) groups is 1. The Hall–Kier alpha value is -1.42. The molecule has 1 aliphatic rings. The third kappa shape index (κ3) is 4.03. The summed E-state index contributed by atoms with van der Waals surface area (Å²) in [5.41, 5.74) is 9.04. The molecule has 0 aliphatic heterocycles. The molecule has 0 aromatic carbocycles. The number of rotatable bonds is 3. The average molecular weight is 261 g/mol. The first-order valence-corrected chi connectivity index (χ1v) is 6.86. The largest absolute Gasteiger partial charge is 0.353 e. The topological polar surface area (TPSA) is 68.0 Å². The van der Waals surface area contributed by atoms with E-state index in [1.807, 2.05) is 27.0 Å². The number of hydrogen-bond donors (Lipinski definition) is 2. The van der Waals surface area contributed by atoms with Crippen LogP contribution in [-0.4, -0.2) is 22.5 Å². The van der Waals surface area contributed by atoms with Gasteiger partial charge in [-0.2, -0.15) is 0 Å². The SMILES string of the molecule is Cc1cnc2c(c1)CC(NC(=O)CC(C)(C)N)CC2. The van der Waals surface area contributed by atoms with Crippen LogP contribution in [0.25, 0.3) is 0 Å². The second-order valence-corrected chi connectivity index (χ2v) is 6.29. The summed E-state index contributed by atoms with van der Waals surface area (Å²) in [6.45, 7) is 5.79. The number of nitrogens with zero attached hydrogens (tertiary/aromatic N) is 1. The van der Waals surface area contributed by atoms with Crippen molar-refractivity contribution in [2.75, 3.05) is 0 Å². The summed E-state index contributed by atoms with van der Waals surface area (Å²) in [6, 6.07) is 2.39. The van der Waals surface area contributed by atoms with E-state index in [-0.39, 0.29) is 11.9 Å². The minimum Gasteiger partial charge on any atom is -0.353 e. The molecule has 1 aliphatic carbocycles. The Morgan fingerprint density at radius 2 is 2.32 bits per heavy atom. The van der Waals surface area contributed by atoms with Crippen molar-refractivity contribution in [1.82, 2.24) is 10.3 Å². The zero-order valence-corrected chi connectivity index (χ0v) is 12.0. The van der Waals surface area contributed by atoms with Gasteiger partial charge in [0.15, 0.2) is 0 Å². The number of aromatic nitrogens is 1. The number of aryl methyl sites for hydroxylation is 2. The van der Waals surface area contributed by atoms with Crippen LogP contribution in [0, 0.1) is 6.92 Å². The van der Waals surface area contributed by atoms with Gasteiger partial charge in [0.1, 0.15) is 0 Å². The van der Waals surface area contributed by atoms with Crippen LogP contribution in [0.3, 0.4) is 0 Å². The van der Waals surface area contributed by atoms with Gasteiger partial charge in [-0.05, 0) is 51.2 Å². The van der Waals surface area contributed by atoms with Gasteiger partial charge < -0.3 is 11.1 Å². The predicted molar refractivity (Wildman–Crippen MR) is 75.8 cm³/mol. The van der Waals surface area contributed by atoms with Crippen LogP contribution < -0.4 is 11.1 Å². The number of nitrogens with two attached hydrogens (primary N) is 1. The van der Waals surface area contributed by atoms with Gasteiger partial charge in [0, 0.05) is 29.9 Å². The van der Waals surface area contributed by atoms with Crippen molar-refractivity contribution in [2.45, 2.75) is 58.0 Å². The Balaban J connectivity index is 1.96. The molecule has 0 spiro atoms. The fraction of sp³-hybridized carbons (Fsp3) is 0.600. The summed E-state index contributed by atoms with van der Waals surface area (Å²) in [5.74, 6) is 0.0431. The highest BCUT2D eigenvalue weighted by atomic mass is 16.1. The minimum atomic E-state index is -0.450. The quantitative estimate of drug-likeness (QED) is 0.866. The number of fused-ring (bicyclic) bond motifs is 1. The van der Waals surface area contributed by atoms with Gasteiger partial charge in [-0.25, -0.2) is 0 Å². The summed E-state index contributed by atoms with van der Waals surface area (Å²) in [7, 11) is 0. The molecule has 19 heavy (non-hydrogen) atoms. The standard InChI is InChI=1S/C15H23N3O/c1-10-6-11-7-12(4-5-13(11)17-9-10)18-14(19)8-15(2,3)16/h6,9,12H,4-5,7-8,16H2,1-3H3,(H,18,19). The van der Waals surface area contributed by atoms with E-state index in [0.717, 1.165) is 19.3 Å². The van der Waals surface area contributed by atoms with Crippen molar-refractivity contribution in [3.8, 4) is 0 Å². The summed E-state index contributed by atoms with van der Waals surface area (Å²) in [6.07, 6.45) is 5.05. The second-order valence-electron chi connectivity index (χ2n) is 6.29. The third-order valence-electron chi connectivity index (χ3n) is 3.37. The fourth-order valence-corrected chi connectivity index (χ4v) is 2.55. The molecule has 1 atom stereocenters. The number of carbonyl (C=O) groups excluding carboxylic acids is 1.